The molecule has 0 aromatic heterocycles. The number of anilines is 2. The highest BCUT2D eigenvalue weighted by Gasteiger charge is 2.14. The highest BCUT2D eigenvalue weighted by molar-refractivity contribution is 7.99. The molecule has 5 heteroatoms. The molecule has 1 aromatic carbocycles. The Morgan fingerprint density at radius 1 is 1.39 bits per heavy atom. The fourth-order valence-electron chi connectivity index (χ4n) is 2.07. The van der Waals surface area contributed by atoms with Crippen molar-refractivity contribution in [2.24, 2.45) is 11.7 Å². The number of thioether (sulfide) groups is 1. The Labute approximate surface area is 111 Å². The van der Waals surface area contributed by atoms with Crippen molar-refractivity contribution in [2.45, 2.75) is 12.8 Å². The molecule has 0 radical (unpaired) electrons. The molecule has 1 amide bonds. The van der Waals surface area contributed by atoms with E-state index in [1.807, 2.05) is 11.8 Å². The van der Waals surface area contributed by atoms with E-state index in [4.69, 9.17) is 11.5 Å². The topological polar surface area (TPSA) is 81.1 Å². The van der Waals surface area contributed by atoms with Crippen LogP contribution in [0.1, 0.15) is 23.2 Å². The van der Waals surface area contributed by atoms with Gasteiger partial charge in [0.2, 0.25) is 5.91 Å². The third kappa shape index (κ3) is 3.32. The summed E-state index contributed by atoms with van der Waals surface area (Å²) in [5.74, 6) is 2.75. The van der Waals surface area contributed by atoms with Crippen LogP contribution >= 0.6 is 11.8 Å². The molecule has 1 fully saturated rings. The lowest BCUT2D eigenvalue weighted by atomic mass is 10.0. The minimum absolute atomic E-state index is 0.424. The van der Waals surface area contributed by atoms with Gasteiger partial charge in [0.15, 0.2) is 0 Å². The molecular weight excluding hydrogens is 246 g/mol. The summed E-state index contributed by atoms with van der Waals surface area (Å²) in [5, 5.41) is 3.34. The number of hydrogen-bond acceptors (Lipinski definition) is 4. The van der Waals surface area contributed by atoms with Crippen LogP contribution in [0.4, 0.5) is 11.4 Å². The maximum atomic E-state index is 11.1. The average Bonchev–Trinajstić information content (AvgIpc) is 2.38. The molecule has 0 saturated carbocycles. The van der Waals surface area contributed by atoms with E-state index in [2.05, 4.69) is 5.32 Å². The van der Waals surface area contributed by atoms with Crippen LogP contribution in [0.3, 0.4) is 0 Å². The lowest BCUT2D eigenvalue weighted by Crippen LogP contribution is -2.20. The van der Waals surface area contributed by atoms with Crippen molar-refractivity contribution in [1.82, 2.24) is 0 Å². The third-order valence-electron chi connectivity index (χ3n) is 3.26. The number of primary amides is 1. The fraction of sp³-hybridized carbons (Fsp3) is 0.462. The predicted molar refractivity (Wildman–Crippen MR) is 77.9 cm³/mol. The average molecular weight is 265 g/mol. The molecule has 1 aromatic rings. The second-order valence-electron chi connectivity index (χ2n) is 4.60. The first kappa shape index (κ1) is 13.1. The number of hydrogen-bond donors (Lipinski definition) is 3. The van der Waals surface area contributed by atoms with Crippen LogP contribution in [-0.4, -0.2) is 24.0 Å². The molecule has 1 heterocycles. The molecule has 0 aliphatic carbocycles. The van der Waals surface area contributed by atoms with E-state index in [0.717, 1.165) is 12.2 Å². The minimum atomic E-state index is -0.424. The summed E-state index contributed by atoms with van der Waals surface area (Å²) < 4.78 is 0. The molecule has 4 nitrogen and oxygen atoms in total. The van der Waals surface area contributed by atoms with Gasteiger partial charge in [0, 0.05) is 12.1 Å². The summed E-state index contributed by atoms with van der Waals surface area (Å²) in [5.41, 5.74) is 13.1. The predicted octanol–water partition coefficient (Wildman–Crippen LogP) is 1.92. The van der Waals surface area contributed by atoms with E-state index >= 15 is 0 Å². The van der Waals surface area contributed by atoms with Gasteiger partial charge < -0.3 is 16.8 Å². The first-order valence-electron chi connectivity index (χ1n) is 6.18. The molecule has 1 saturated heterocycles. The Kier molecular flexibility index (Phi) is 4.36. The van der Waals surface area contributed by atoms with E-state index in [-0.39, 0.29) is 0 Å². The quantitative estimate of drug-likeness (QED) is 0.727. The fourth-order valence-corrected chi connectivity index (χ4v) is 3.27. The van der Waals surface area contributed by atoms with Crippen molar-refractivity contribution < 1.29 is 4.79 Å². The summed E-state index contributed by atoms with van der Waals surface area (Å²) in [7, 11) is 0. The lowest BCUT2D eigenvalue weighted by Gasteiger charge is -2.22. The second kappa shape index (κ2) is 6.00. The highest BCUT2D eigenvalue weighted by atomic mass is 32.2. The van der Waals surface area contributed by atoms with Gasteiger partial charge in [0.25, 0.3) is 0 Å². The van der Waals surface area contributed by atoms with Gasteiger partial charge in [-0.25, -0.2) is 0 Å². The molecule has 5 N–H and O–H groups in total. The molecule has 0 unspecified atom stereocenters. The molecular formula is C13H19N3OS. The molecule has 1 aliphatic rings. The Balaban J connectivity index is 1.99. The number of nitrogen functional groups attached to an aromatic ring is 1. The maximum absolute atomic E-state index is 11.1. The minimum Gasteiger partial charge on any atom is -0.397 e. The Morgan fingerprint density at radius 3 is 2.78 bits per heavy atom. The first-order chi connectivity index (χ1) is 8.66. The largest absolute Gasteiger partial charge is 0.397 e. The van der Waals surface area contributed by atoms with E-state index in [1.54, 1.807) is 18.2 Å². The van der Waals surface area contributed by atoms with Crippen LogP contribution in [0.5, 0.6) is 0 Å². The van der Waals surface area contributed by atoms with Crippen molar-refractivity contribution in [3.8, 4) is 0 Å². The van der Waals surface area contributed by atoms with Crippen LogP contribution in [0.15, 0.2) is 18.2 Å². The van der Waals surface area contributed by atoms with Crippen LogP contribution in [0, 0.1) is 5.92 Å². The van der Waals surface area contributed by atoms with Gasteiger partial charge >= 0.3 is 0 Å². The molecule has 0 spiro atoms. The lowest BCUT2D eigenvalue weighted by molar-refractivity contribution is 0.100. The maximum Gasteiger partial charge on any atom is 0.248 e. The van der Waals surface area contributed by atoms with Gasteiger partial charge in [-0.3, -0.25) is 4.79 Å². The van der Waals surface area contributed by atoms with Crippen LogP contribution < -0.4 is 16.8 Å². The second-order valence-corrected chi connectivity index (χ2v) is 5.83. The number of carbonyl (C=O) groups excluding carboxylic acids is 1. The zero-order chi connectivity index (χ0) is 13.0. The third-order valence-corrected chi connectivity index (χ3v) is 4.31. The Morgan fingerprint density at radius 2 is 2.11 bits per heavy atom. The number of nitrogens with two attached hydrogens (primary N) is 2. The summed E-state index contributed by atoms with van der Waals surface area (Å²) in [6, 6.07) is 5.11. The van der Waals surface area contributed by atoms with Crippen LogP contribution in [-0.2, 0) is 0 Å². The summed E-state index contributed by atoms with van der Waals surface area (Å²) in [6.07, 6.45) is 2.49. The summed E-state index contributed by atoms with van der Waals surface area (Å²) in [4.78, 5) is 11.1. The van der Waals surface area contributed by atoms with Gasteiger partial charge in [-0.15, -0.1) is 0 Å². The van der Waals surface area contributed by atoms with Gasteiger partial charge in [-0.2, -0.15) is 11.8 Å². The SMILES string of the molecule is NC(=O)c1ccc(N)c(NCC2CCSCC2)c1. The highest BCUT2D eigenvalue weighted by Crippen LogP contribution is 2.25. The number of amides is 1. The van der Waals surface area contributed by atoms with Crippen LogP contribution in [0.25, 0.3) is 0 Å². The Bertz CT molecular complexity index is 430. The molecule has 0 atom stereocenters. The van der Waals surface area contributed by atoms with Crippen LogP contribution in [0.2, 0.25) is 0 Å². The van der Waals surface area contributed by atoms with E-state index in [1.165, 1.54) is 24.3 Å². The van der Waals surface area contributed by atoms with Gasteiger partial charge in [-0.1, -0.05) is 0 Å². The Hall–Kier alpha value is -1.36. The molecule has 1 aliphatic heterocycles. The zero-order valence-electron chi connectivity index (χ0n) is 10.3. The molecule has 98 valence electrons. The summed E-state index contributed by atoms with van der Waals surface area (Å²) in [6.45, 7) is 0.910. The van der Waals surface area contributed by atoms with Gasteiger partial charge in [-0.05, 0) is 48.5 Å². The van der Waals surface area contributed by atoms with Crippen molar-refractivity contribution in [1.29, 1.82) is 0 Å². The van der Waals surface area contributed by atoms with Crippen molar-refractivity contribution >= 4 is 29.0 Å². The first-order valence-corrected chi connectivity index (χ1v) is 7.33. The summed E-state index contributed by atoms with van der Waals surface area (Å²) >= 11 is 2.02. The van der Waals surface area contributed by atoms with Crippen molar-refractivity contribution in [3.63, 3.8) is 0 Å². The monoisotopic (exact) mass is 265 g/mol. The number of rotatable bonds is 4. The van der Waals surface area contributed by atoms with Crippen molar-refractivity contribution in [2.75, 3.05) is 29.1 Å². The number of carbonyl (C=O) groups is 1. The zero-order valence-corrected chi connectivity index (χ0v) is 11.1. The normalized spacial score (nSPS) is 16.4. The smallest absolute Gasteiger partial charge is 0.248 e. The van der Waals surface area contributed by atoms with E-state index < -0.39 is 5.91 Å². The number of nitrogens with one attached hydrogen (secondary N) is 1. The van der Waals surface area contributed by atoms with E-state index in [9.17, 15) is 4.79 Å². The molecule has 18 heavy (non-hydrogen) atoms. The molecule has 2 rings (SSSR count). The molecule has 0 bridgehead atoms. The van der Waals surface area contributed by atoms with Crippen molar-refractivity contribution in [3.05, 3.63) is 23.8 Å². The van der Waals surface area contributed by atoms with Gasteiger partial charge in [0.05, 0.1) is 11.4 Å². The van der Waals surface area contributed by atoms with Gasteiger partial charge in [0.1, 0.15) is 0 Å². The standard InChI is InChI=1S/C13H19N3OS/c14-11-2-1-10(13(15)17)7-12(11)16-8-9-3-5-18-6-4-9/h1-2,7,9,16H,3-6,8,14H2,(H2,15,17). The van der Waals surface area contributed by atoms with E-state index in [0.29, 0.717) is 17.2 Å². The number of benzene rings is 1.